The van der Waals surface area contributed by atoms with Crippen LogP contribution in [0.1, 0.15) is 88.4 Å². The summed E-state index contributed by atoms with van der Waals surface area (Å²) in [5, 5.41) is 1.87. The van der Waals surface area contributed by atoms with Gasteiger partial charge in [0.25, 0.3) is 0 Å². The lowest BCUT2D eigenvalue weighted by Gasteiger charge is -2.19. The fraction of sp³-hybridized carbons (Fsp3) is 0.708. The van der Waals surface area contributed by atoms with E-state index in [1.165, 1.54) is 81.4 Å². The van der Waals surface area contributed by atoms with E-state index in [1.807, 2.05) is 11.8 Å². The fourth-order valence-electron chi connectivity index (χ4n) is 3.52. The molecule has 0 aliphatic carbocycles. The second-order valence-electron chi connectivity index (χ2n) is 8.06. The van der Waals surface area contributed by atoms with Crippen LogP contribution in [0.3, 0.4) is 0 Å². The van der Waals surface area contributed by atoms with Gasteiger partial charge in [0.05, 0.1) is 28.2 Å². The molecule has 1 rings (SSSR count). The van der Waals surface area contributed by atoms with Crippen molar-refractivity contribution in [1.29, 1.82) is 0 Å². The molecule has 0 bridgehead atoms. The Morgan fingerprint density at radius 2 is 1.37 bits per heavy atom. The highest BCUT2D eigenvalue weighted by atomic mass is 32.2. The minimum absolute atomic E-state index is 0.542. The molecule has 2 nitrogen and oxygen atoms in total. The van der Waals surface area contributed by atoms with Crippen LogP contribution in [-0.2, 0) is 0 Å². The third-order valence-corrected chi connectivity index (χ3v) is 6.74. The zero-order chi connectivity index (χ0) is 19.9. The summed E-state index contributed by atoms with van der Waals surface area (Å²) >= 11 is 2.01. The van der Waals surface area contributed by atoms with Gasteiger partial charge in [-0.3, -0.25) is 9.48 Å². The summed E-state index contributed by atoms with van der Waals surface area (Å²) in [6, 6.07) is 11.0. The van der Waals surface area contributed by atoms with Crippen molar-refractivity contribution in [1.82, 2.24) is 4.90 Å². The van der Waals surface area contributed by atoms with E-state index in [2.05, 4.69) is 74.9 Å². The maximum absolute atomic E-state index is 2.29. The van der Waals surface area contributed by atoms with Gasteiger partial charge in [-0.1, -0.05) is 101 Å². The van der Waals surface area contributed by atoms with Gasteiger partial charge in [-0.2, -0.15) is 0 Å². The van der Waals surface area contributed by atoms with Gasteiger partial charge in [0, 0.05) is 5.25 Å². The largest absolute Gasteiger partial charge is 0.308 e. The lowest BCUT2D eigenvalue weighted by molar-refractivity contribution is -0.466. The Morgan fingerprint density at radius 1 is 0.852 bits per heavy atom. The van der Waals surface area contributed by atoms with Crippen molar-refractivity contribution < 1.29 is 4.58 Å². The Hall–Kier alpha value is -0.960. The molecule has 1 aromatic rings. The van der Waals surface area contributed by atoms with Crippen molar-refractivity contribution in [2.24, 2.45) is 0 Å². The second-order valence-corrected chi connectivity index (χ2v) is 9.23. The normalized spacial score (nSPS) is 12.0. The zero-order valence-corrected chi connectivity index (χ0v) is 19.4. The lowest BCUT2D eigenvalue weighted by atomic mass is 10.0. The monoisotopic (exact) mass is 391 g/mol. The summed E-state index contributed by atoms with van der Waals surface area (Å²) in [6.45, 7) is 2.29. The van der Waals surface area contributed by atoms with Crippen LogP contribution < -0.4 is 0 Å². The number of nitrogens with zero attached hydrogens (tertiary/aromatic N) is 2. The number of hydrogen-bond donors (Lipinski definition) is 0. The standard InChI is InChI=1S/C24H43N2S/c1-6-7-8-9-10-11-12-13-14-18-21-23(22-19-16-15-17-20-22)27-24(25(2)3)26(4)5/h15-17,19-20,23H,6-14,18,21H2,1-5H3/q+1. The molecule has 3 heteroatoms. The topological polar surface area (TPSA) is 6.25 Å². The summed E-state index contributed by atoms with van der Waals surface area (Å²) in [4.78, 5) is 2.24. The van der Waals surface area contributed by atoms with Crippen LogP contribution in [0.15, 0.2) is 30.3 Å². The Kier molecular flexibility index (Phi) is 13.4. The van der Waals surface area contributed by atoms with Gasteiger partial charge < -0.3 is 0 Å². The van der Waals surface area contributed by atoms with Crippen LogP contribution in [0.2, 0.25) is 0 Å². The van der Waals surface area contributed by atoms with E-state index in [0.29, 0.717) is 5.25 Å². The highest BCUT2D eigenvalue weighted by Gasteiger charge is 2.21. The quantitative estimate of drug-likeness (QED) is 0.155. The molecule has 154 valence electrons. The number of unbranched alkanes of at least 4 members (excludes halogenated alkanes) is 9. The Balaban J connectivity index is 2.40. The zero-order valence-electron chi connectivity index (χ0n) is 18.5. The summed E-state index contributed by atoms with van der Waals surface area (Å²) in [7, 11) is 8.57. The molecule has 0 aromatic heterocycles. The molecule has 0 amide bonds. The SMILES string of the molecule is CCCCCCCCCCCCC(SC(N(C)C)=[N+](C)C)c1ccccc1. The van der Waals surface area contributed by atoms with Crippen molar-refractivity contribution in [3.8, 4) is 0 Å². The molecule has 0 saturated carbocycles. The van der Waals surface area contributed by atoms with E-state index < -0.39 is 0 Å². The van der Waals surface area contributed by atoms with E-state index in [4.69, 9.17) is 0 Å². The summed E-state index contributed by atoms with van der Waals surface area (Å²) in [5.41, 5.74) is 1.46. The first kappa shape index (κ1) is 24.1. The first-order valence-corrected chi connectivity index (χ1v) is 11.9. The van der Waals surface area contributed by atoms with E-state index in [9.17, 15) is 0 Å². The van der Waals surface area contributed by atoms with Crippen molar-refractivity contribution in [3.63, 3.8) is 0 Å². The molecule has 0 spiro atoms. The minimum Gasteiger partial charge on any atom is -0.262 e. The van der Waals surface area contributed by atoms with Crippen LogP contribution in [0.5, 0.6) is 0 Å². The van der Waals surface area contributed by atoms with Gasteiger partial charge in [-0.15, -0.1) is 0 Å². The van der Waals surface area contributed by atoms with Gasteiger partial charge in [-0.05, 0) is 23.7 Å². The predicted octanol–water partition coefficient (Wildman–Crippen LogP) is 6.96. The molecule has 0 aliphatic rings. The molecule has 0 N–H and O–H groups in total. The highest BCUT2D eigenvalue weighted by molar-refractivity contribution is 8.13. The number of rotatable bonds is 13. The van der Waals surface area contributed by atoms with Crippen molar-refractivity contribution in [2.45, 2.75) is 82.8 Å². The van der Waals surface area contributed by atoms with Crippen LogP contribution in [0, 0.1) is 0 Å². The third kappa shape index (κ3) is 10.8. The molecule has 0 aliphatic heterocycles. The van der Waals surface area contributed by atoms with Crippen LogP contribution in [-0.4, -0.2) is 42.8 Å². The van der Waals surface area contributed by atoms with E-state index >= 15 is 0 Å². The highest BCUT2D eigenvalue weighted by Crippen LogP contribution is 2.35. The second kappa shape index (κ2) is 15.0. The number of thioether (sulfide) groups is 1. The molecular formula is C24H43N2S+. The summed E-state index contributed by atoms with van der Waals surface area (Å²) in [5.74, 6) is 0. The number of hydrogen-bond acceptors (Lipinski definition) is 1. The number of benzene rings is 1. The molecule has 0 fully saturated rings. The lowest BCUT2D eigenvalue weighted by Crippen LogP contribution is -2.27. The summed E-state index contributed by atoms with van der Waals surface area (Å²) < 4.78 is 2.24. The molecule has 27 heavy (non-hydrogen) atoms. The van der Waals surface area contributed by atoms with Crippen molar-refractivity contribution in [3.05, 3.63) is 35.9 Å². The van der Waals surface area contributed by atoms with Crippen LogP contribution >= 0.6 is 11.8 Å². The van der Waals surface area contributed by atoms with Crippen molar-refractivity contribution in [2.75, 3.05) is 28.2 Å². The minimum atomic E-state index is 0.542. The van der Waals surface area contributed by atoms with Crippen LogP contribution in [0.4, 0.5) is 0 Å². The molecule has 0 saturated heterocycles. The van der Waals surface area contributed by atoms with Gasteiger partial charge in [0.15, 0.2) is 0 Å². The fourth-order valence-corrected chi connectivity index (χ4v) is 4.77. The van der Waals surface area contributed by atoms with Gasteiger partial charge in [0.2, 0.25) is 0 Å². The van der Waals surface area contributed by atoms with Gasteiger partial charge in [-0.25, -0.2) is 0 Å². The average molecular weight is 392 g/mol. The predicted molar refractivity (Wildman–Crippen MR) is 124 cm³/mol. The average Bonchev–Trinajstić information content (AvgIpc) is 2.65. The Labute approximate surface area is 173 Å². The molecule has 1 atom stereocenters. The first-order chi connectivity index (χ1) is 13.1. The molecule has 0 heterocycles. The van der Waals surface area contributed by atoms with Gasteiger partial charge in [0.1, 0.15) is 0 Å². The third-order valence-electron chi connectivity index (χ3n) is 5.00. The molecule has 0 radical (unpaired) electrons. The van der Waals surface area contributed by atoms with E-state index in [-0.39, 0.29) is 0 Å². The van der Waals surface area contributed by atoms with E-state index in [1.54, 1.807) is 0 Å². The molecule has 1 aromatic carbocycles. The maximum atomic E-state index is 2.29. The number of amidine groups is 1. The first-order valence-electron chi connectivity index (χ1n) is 11.0. The summed E-state index contributed by atoms with van der Waals surface area (Å²) in [6.07, 6.45) is 15.3. The Morgan fingerprint density at radius 3 is 1.85 bits per heavy atom. The smallest absolute Gasteiger partial charge is 0.262 e. The van der Waals surface area contributed by atoms with Crippen molar-refractivity contribution >= 4 is 16.9 Å². The van der Waals surface area contributed by atoms with Gasteiger partial charge >= 0.3 is 5.17 Å². The molecule has 1 unspecified atom stereocenters. The molecular weight excluding hydrogens is 348 g/mol. The Bertz CT molecular complexity index is 506. The maximum Gasteiger partial charge on any atom is 0.308 e. The van der Waals surface area contributed by atoms with Crippen LogP contribution in [0.25, 0.3) is 0 Å². The van der Waals surface area contributed by atoms with E-state index in [0.717, 1.165) is 0 Å².